The molecule has 0 saturated carbocycles. The van der Waals surface area contributed by atoms with Gasteiger partial charge in [0.25, 0.3) is 0 Å². The third-order valence-electron chi connectivity index (χ3n) is 3.85. The van der Waals surface area contributed by atoms with Crippen molar-refractivity contribution >= 4 is 10.9 Å². The van der Waals surface area contributed by atoms with E-state index < -0.39 is 0 Å². The average molecular weight is 271 g/mol. The molecule has 2 heterocycles. The van der Waals surface area contributed by atoms with E-state index in [4.69, 9.17) is 10.5 Å². The molecule has 0 radical (unpaired) electrons. The van der Waals surface area contributed by atoms with Crippen LogP contribution in [0.2, 0.25) is 0 Å². The van der Waals surface area contributed by atoms with E-state index in [1.54, 1.807) is 0 Å². The Morgan fingerprint density at radius 3 is 2.80 bits per heavy atom. The first-order valence-electron chi connectivity index (χ1n) is 7.31. The van der Waals surface area contributed by atoms with Crippen LogP contribution in [-0.4, -0.2) is 36.1 Å². The summed E-state index contributed by atoms with van der Waals surface area (Å²) in [6.07, 6.45) is 2.62. The summed E-state index contributed by atoms with van der Waals surface area (Å²) in [5, 5.41) is 1.11. The number of nitrogens with two attached hydrogens (primary N) is 1. The van der Waals surface area contributed by atoms with Gasteiger partial charge in [-0.15, -0.1) is 0 Å². The van der Waals surface area contributed by atoms with Gasteiger partial charge in [0.2, 0.25) is 5.88 Å². The molecule has 0 unspecified atom stereocenters. The van der Waals surface area contributed by atoms with Crippen LogP contribution in [0.5, 0.6) is 5.88 Å². The highest BCUT2D eigenvalue weighted by Gasteiger charge is 2.11. The molecule has 1 saturated heterocycles. The van der Waals surface area contributed by atoms with Gasteiger partial charge in [-0.3, -0.25) is 4.90 Å². The third-order valence-corrected chi connectivity index (χ3v) is 3.85. The number of rotatable bonds is 5. The van der Waals surface area contributed by atoms with E-state index in [0.29, 0.717) is 19.0 Å². The highest BCUT2D eigenvalue weighted by Crippen LogP contribution is 2.21. The predicted molar refractivity (Wildman–Crippen MR) is 80.8 cm³/mol. The topological polar surface area (TPSA) is 51.4 Å². The summed E-state index contributed by atoms with van der Waals surface area (Å²) in [5.74, 6) is 0.684. The second-order valence-corrected chi connectivity index (χ2v) is 5.24. The number of hydrogen-bond donors (Lipinski definition) is 1. The van der Waals surface area contributed by atoms with Crippen LogP contribution in [0.15, 0.2) is 30.3 Å². The Hall–Kier alpha value is -1.65. The van der Waals surface area contributed by atoms with E-state index in [1.807, 2.05) is 24.3 Å². The highest BCUT2D eigenvalue weighted by atomic mass is 16.5. The molecular weight excluding hydrogens is 250 g/mol. The average Bonchev–Trinajstić information content (AvgIpc) is 2.99. The van der Waals surface area contributed by atoms with Crippen LogP contribution in [0.4, 0.5) is 0 Å². The number of likely N-dealkylation sites (tertiary alicyclic amines) is 1. The van der Waals surface area contributed by atoms with Gasteiger partial charge >= 0.3 is 0 Å². The predicted octanol–water partition coefficient (Wildman–Crippen LogP) is 2.17. The first-order chi connectivity index (χ1) is 9.86. The summed E-state index contributed by atoms with van der Waals surface area (Å²) >= 11 is 0. The molecule has 0 bridgehead atoms. The molecule has 2 aromatic rings. The van der Waals surface area contributed by atoms with Gasteiger partial charge in [0, 0.05) is 24.5 Å². The second-order valence-electron chi connectivity index (χ2n) is 5.24. The minimum absolute atomic E-state index is 0.505. The van der Waals surface area contributed by atoms with Gasteiger partial charge in [-0.2, -0.15) is 0 Å². The van der Waals surface area contributed by atoms with Gasteiger partial charge in [0.15, 0.2) is 0 Å². The largest absolute Gasteiger partial charge is 0.476 e. The molecule has 4 nitrogen and oxygen atoms in total. The zero-order chi connectivity index (χ0) is 13.8. The molecule has 0 amide bonds. The molecule has 2 N–H and O–H groups in total. The lowest BCUT2D eigenvalue weighted by Gasteiger charge is -2.15. The van der Waals surface area contributed by atoms with Gasteiger partial charge in [-0.1, -0.05) is 18.2 Å². The number of para-hydroxylation sites is 1. The molecule has 3 rings (SSSR count). The van der Waals surface area contributed by atoms with Gasteiger partial charge < -0.3 is 10.5 Å². The zero-order valence-corrected chi connectivity index (χ0v) is 11.7. The fourth-order valence-electron chi connectivity index (χ4n) is 2.75. The SMILES string of the molecule is NCc1cc(OCCN2CCCC2)nc2ccccc12. The van der Waals surface area contributed by atoms with Crippen molar-refractivity contribution in [1.82, 2.24) is 9.88 Å². The molecule has 1 fully saturated rings. The Labute approximate surface area is 119 Å². The van der Waals surface area contributed by atoms with Crippen molar-refractivity contribution in [1.29, 1.82) is 0 Å². The van der Waals surface area contributed by atoms with Crippen molar-refractivity contribution in [2.24, 2.45) is 5.73 Å². The van der Waals surface area contributed by atoms with Crippen LogP contribution in [0.25, 0.3) is 10.9 Å². The Bertz CT molecular complexity index is 579. The maximum Gasteiger partial charge on any atom is 0.214 e. The fraction of sp³-hybridized carbons (Fsp3) is 0.438. The molecular formula is C16H21N3O. The lowest BCUT2D eigenvalue weighted by atomic mass is 10.1. The Morgan fingerprint density at radius 1 is 1.20 bits per heavy atom. The summed E-state index contributed by atoms with van der Waals surface area (Å²) in [4.78, 5) is 6.99. The number of nitrogens with zero attached hydrogens (tertiary/aromatic N) is 2. The van der Waals surface area contributed by atoms with E-state index in [1.165, 1.54) is 25.9 Å². The zero-order valence-electron chi connectivity index (χ0n) is 11.7. The Kier molecular flexibility index (Phi) is 4.14. The molecule has 20 heavy (non-hydrogen) atoms. The Morgan fingerprint density at radius 2 is 2.00 bits per heavy atom. The molecule has 1 aliphatic heterocycles. The standard InChI is InChI=1S/C16H21N3O/c17-12-13-11-16(18-15-6-2-1-5-14(13)15)20-10-9-19-7-3-4-8-19/h1-2,5-6,11H,3-4,7-10,12,17H2. The van der Waals surface area contributed by atoms with E-state index in [-0.39, 0.29) is 0 Å². The van der Waals surface area contributed by atoms with E-state index >= 15 is 0 Å². The van der Waals surface area contributed by atoms with Crippen LogP contribution in [0, 0.1) is 0 Å². The first-order valence-corrected chi connectivity index (χ1v) is 7.31. The molecule has 0 atom stereocenters. The van der Waals surface area contributed by atoms with Gasteiger partial charge in [0.1, 0.15) is 6.61 Å². The van der Waals surface area contributed by atoms with Gasteiger partial charge in [-0.25, -0.2) is 4.98 Å². The van der Waals surface area contributed by atoms with Crippen molar-refractivity contribution in [2.75, 3.05) is 26.2 Å². The van der Waals surface area contributed by atoms with Gasteiger partial charge in [0.05, 0.1) is 5.52 Å². The number of pyridine rings is 1. The fourth-order valence-corrected chi connectivity index (χ4v) is 2.75. The monoisotopic (exact) mass is 271 g/mol. The normalized spacial score (nSPS) is 15.8. The molecule has 0 aliphatic carbocycles. The Balaban J connectivity index is 1.70. The van der Waals surface area contributed by atoms with Crippen molar-refractivity contribution in [3.8, 4) is 5.88 Å². The van der Waals surface area contributed by atoms with E-state index in [9.17, 15) is 0 Å². The first kappa shape index (κ1) is 13.3. The van der Waals surface area contributed by atoms with Crippen LogP contribution in [-0.2, 0) is 6.54 Å². The van der Waals surface area contributed by atoms with Crippen molar-refractivity contribution in [3.63, 3.8) is 0 Å². The number of benzene rings is 1. The van der Waals surface area contributed by atoms with Crippen LogP contribution in [0.1, 0.15) is 18.4 Å². The summed E-state index contributed by atoms with van der Waals surface area (Å²) in [7, 11) is 0. The van der Waals surface area contributed by atoms with E-state index in [0.717, 1.165) is 23.0 Å². The number of aromatic nitrogens is 1. The molecule has 1 aromatic heterocycles. The van der Waals surface area contributed by atoms with Crippen LogP contribution >= 0.6 is 0 Å². The third kappa shape index (κ3) is 2.92. The lowest BCUT2D eigenvalue weighted by Crippen LogP contribution is -2.25. The second kappa shape index (κ2) is 6.20. The van der Waals surface area contributed by atoms with Crippen LogP contribution < -0.4 is 10.5 Å². The number of hydrogen-bond acceptors (Lipinski definition) is 4. The van der Waals surface area contributed by atoms with Crippen molar-refractivity contribution in [3.05, 3.63) is 35.9 Å². The summed E-state index contributed by atoms with van der Waals surface area (Å²) < 4.78 is 5.81. The minimum Gasteiger partial charge on any atom is -0.476 e. The smallest absolute Gasteiger partial charge is 0.214 e. The molecule has 1 aromatic carbocycles. The minimum atomic E-state index is 0.505. The van der Waals surface area contributed by atoms with Crippen molar-refractivity contribution < 1.29 is 4.74 Å². The number of ether oxygens (including phenoxy) is 1. The summed E-state index contributed by atoms with van der Waals surface area (Å²) in [6, 6.07) is 10.0. The highest BCUT2D eigenvalue weighted by molar-refractivity contribution is 5.82. The molecule has 1 aliphatic rings. The van der Waals surface area contributed by atoms with Crippen molar-refractivity contribution in [2.45, 2.75) is 19.4 Å². The quantitative estimate of drug-likeness (QED) is 0.905. The van der Waals surface area contributed by atoms with Crippen LogP contribution in [0.3, 0.4) is 0 Å². The lowest BCUT2D eigenvalue weighted by molar-refractivity contribution is 0.232. The number of fused-ring (bicyclic) bond motifs is 1. The summed E-state index contributed by atoms with van der Waals surface area (Å²) in [5.41, 5.74) is 7.86. The maximum absolute atomic E-state index is 5.82. The summed E-state index contributed by atoms with van der Waals surface area (Å²) in [6.45, 7) is 4.57. The van der Waals surface area contributed by atoms with Gasteiger partial charge in [-0.05, 0) is 37.6 Å². The van der Waals surface area contributed by atoms with E-state index in [2.05, 4.69) is 16.0 Å². The molecule has 0 spiro atoms. The maximum atomic E-state index is 5.82. The molecule has 4 heteroatoms. The molecule has 106 valence electrons.